The Bertz CT molecular complexity index is 432. The van der Waals surface area contributed by atoms with E-state index in [4.69, 9.17) is 11.6 Å². The van der Waals surface area contributed by atoms with Crippen LogP contribution in [0, 0.1) is 0 Å². The average Bonchev–Trinajstić information content (AvgIpc) is 2.30. The number of nitrogens with zero attached hydrogens (tertiary/aromatic N) is 2. The number of rotatable bonds is 2. The van der Waals surface area contributed by atoms with Crippen molar-refractivity contribution in [3.05, 3.63) is 17.0 Å². The summed E-state index contributed by atoms with van der Waals surface area (Å²) >= 11 is 6.14. The van der Waals surface area contributed by atoms with Gasteiger partial charge in [0.25, 0.3) is 0 Å². The molecule has 0 bridgehead atoms. The molecule has 1 aromatic heterocycles. The lowest BCUT2D eigenvalue weighted by molar-refractivity contribution is 0.470. The van der Waals surface area contributed by atoms with E-state index in [0.717, 1.165) is 11.6 Å². The van der Waals surface area contributed by atoms with Gasteiger partial charge in [0.2, 0.25) is 0 Å². The molecular formula is C16H26ClN3. The minimum atomic E-state index is -0.0811. The zero-order chi connectivity index (χ0) is 14.6. The van der Waals surface area contributed by atoms with Gasteiger partial charge in [0, 0.05) is 17.5 Å². The summed E-state index contributed by atoms with van der Waals surface area (Å²) < 4.78 is 0. The van der Waals surface area contributed by atoms with Crippen molar-refractivity contribution in [2.24, 2.45) is 0 Å². The predicted octanol–water partition coefficient (Wildman–Crippen LogP) is 4.95. The molecule has 112 valence electrons. The first-order valence-corrected chi connectivity index (χ1v) is 8.14. The Kier molecular flexibility index (Phi) is 5.25. The van der Waals surface area contributed by atoms with E-state index in [2.05, 4.69) is 36.1 Å². The van der Waals surface area contributed by atoms with Crippen molar-refractivity contribution < 1.29 is 0 Å². The van der Waals surface area contributed by atoms with Crippen LogP contribution in [0.4, 0.5) is 5.82 Å². The topological polar surface area (TPSA) is 37.8 Å². The highest BCUT2D eigenvalue weighted by molar-refractivity contribution is 6.29. The third-order valence-electron chi connectivity index (χ3n) is 3.82. The summed E-state index contributed by atoms with van der Waals surface area (Å²) in [5.74, 6) is 1.68. The lowest BCUT2D eigenvalue weighted by Gasteiger charge is -2.23. The first kappa shape index (κ1) is 15.6. The SMILES string of the molecule is CC(C)(C)c1nc(Cl)cc(NC2CCCCCCC2)n1. The van der Waals surface area contributed by atoms with E-state index in [1.54, 1.807) is 0 Å². The van der Waals surface area contributed by atoms with Crippen LogP contribution in [0.2, 0.25) is 5.15 Å². The Balaban J connectivity index is 2.09. The molecule has 2 rings (SSSR count). The number of halogens is 1. The second-order valence-electron chi connectivity index (χ2n) is 6.84. The van der Waals surface area contributed by atoms with Crippen LogP contribution in [0.25, 0.3) is 0 Å². The summed E-state index contributed by atoms with van der Waals surface area (Å²) in [6.45, 7) is 6.33. The highest BCUT2D eigenvalue weighted by Crippen LogP contribution is 2.24. The Morgan fingerprint density at radius 2 is 1.65 bits per heavy atom. The molecule has 0 saturated heterocycles. The molecule has 20 heavy (non-hydrogen) atoms. The van der Waals surface area contributed by atoms with E-state index in [-0.39, 0.29) is 5.41 Å². The highest BCUT2D eigenvalue weighted by atomic mass is 35.5. The summed E-state index contributed by atoms with van der Waals surface area (Å²) in [5, 5.41) is 4.09. The monoisotopic (exact) mass is 295 g/mol. The van der Waals surface area contributed by atoms with E-state index < -0.39 is 0 Å². The zero-order valence-corrected chi connectivity index (χ0v) is 13.6. The van der Waals surface area contributed by atoms with Gasteiger partial charge in [-0.05, 0) is 12.8 Å². The summed E-state index contributed by atoms with van der Waals surface area (Å²) in [5.41, 5.74) is -0.0811. The van der Waals surface area contributed by atoms with Gasteiger partial charge in [0.15, 0.2) is 0 Å². The van der Waals surface area contributed by atoms with Gasteiger partial charge < -0.3 is 5.32 Å². The van der Waals surface area contributed by atoms with Gasteiger partial charge >= 0.3 is 0 Å². The molecule has 0 amide bonds. The summed E-state index contributed by atoms with van der Waals surface area (Å²) in [7, 11) is 0. The normalized spacial score (nSPS) is 18.4. The third kappa shape index (κ3) is 4.62. The fraction of sp³-hybridized carbons (Fsp3) is 0.750. The molecular weight excluding hydrogens is 270 g/mol. The van der Waals surface area contributed by atoms with Crippen LogP contribution in [0.3, 0.4) is 0 Å². The quantitative estimate of drug-likeness (QED) is 0.784. The maximum Gasteiger partial charge on any atom is 0.137 e. The maximum absolute atomic E-state index is 6.14. The minimum Gasteiger partial charge on any atom is -0.367 e. The van der Waals surface area contributed by atoms with Gasteiger partial charge in [-0.3, -0.25) is 0 Å². The van der Waals surface area contributed by atoms with E-state index in [1.165, 1.54) is 44.9 Å². The standard InChI is InChI=1S/C16H26ClN3/c1-16(2,3)15-19-13(17)11-14(20-15)18-12-9-7-5-4-6-8-10-12/h11-12H,4-10H2,1-3H3,(H,18,19,20). The highest BCUT2D eigenvalue weighted by Gasteiger charge is 2.20. The lowest BCUT2D eigenvalue weighted by atomic mass is 9.95. The van der Waals surface area contributed by atoms with Crippen molar-refractivity contribution in [2.45, 2.75) is 77.2 Å². The first-order valence-electron chi connectivity index (χ1n) is 7.77. The summed E-state index contributed by atoms with van der Waals surface area (Å²) in [4.78, 5) is 8.99. The molecule has 0 spiro atoms. The van der Waals surface area contributed by atoms with Gasteiger partial charge in [0.1, 0.15) is 16.8 Å². The van der Waals surface area contributed by atoms with Crippen molar-refractivity contribution in [1.82, 2.24) is 9.97 Å². The predicted molar refractivity (Wildman–Crippen MR) is 85.5 cm³/mol. The lowest BCUT2D eigenvalue weighted by Crippen LogP contribution is -2.23. The molecule has 1 fully saturated rings. The summed E-state index contributed by atoms with van der Waals surface area (Å²) in [6, 6.07) is 2.37. The van der Waals surface area contributed by atoms with Crippen LogP contribution in [-0.2, 0) is 5.41 Å². The van der Waals surface area contributed by atoms with Gasteiger partial charge in [-0.15, -0.1) is 0 Å². The van der Waals surface area contributed by atoms with Crippen LogP contribution in [0.1, 0.15) is 71.5 Å². The van der Waals surface area contributed by atoms with Crippen LogP contribution in [0.5, 0.6) is 0 Å². The van der Waals surface area contributed by atoms with Crippen molar-refractivity contribution in [1.29, 1.82) is 0 Å². The van der Waals surface area contributed by atoms with E-state index >= 15 is 0 Å². The Morgan fingerprint density at radius 3 is 2.25 bits per heavy atom. The summed E-state index contributed by atoms with van der Waals surface area (Å²) in [6.07, 6.45) is 9.18. The molecule has 0 aliphatic heterocycles. The first-order chi connectivity index (χ1) is 9.45. The van der Waals surface area contributed by atoms with E-state index in [0.29, 0.717) is 11.2 Å². The van der Waals surface area contributed by atoms with Crippen LogP contribution in [-0.4, -0.2) is 16.0 Å². The smallest absolute Gasteiger partial charge is 0.137 e. The molecule has 0 aromatic carbocycles. The Labute approximate surface area is 127 Å². The molecule has 1 saturated carbocycles. The van der Waals surface area contributed by atoms with Crippen LogP contribution in [0.15, 0.2) is 6.07 Å². The third-order valence-corrected chi connectivity index (χ3v) is 4.02. The Hall–Kier alpha value is -0.830. The van der Waals surface area contributed by atoms with Gasteiger partial charge in [0.05, 0.1) is 0 Å². The average molecular weight is 296 g/mol. The maximum atomic E-state index is 6.14. The van der Waals surface area contributed by atoms with Gasteiger partial charge in [-0.2, -0.15) is 0 Å². The molecule has 1 aromatic rings. The van der Waals surface area contributed by atoms with Crippen molar-refractivity contribution in [2.75, 3.05) is 5.32 Å². The second kappa shape index (κ2) is 6.75. The van der Waals surface area contributed by atoms with Gasteiger partial charge in [-0.25, -0.2) is 9.97 Å². The number of hydrogen-bond acceptors (Lipinski definition) is 3. The molecule has 4 heteroatoms. The molecule has 1 heterocycles. The van der Waals surface area contributed by atoms with Crippen molar-refractivity contribution in [3.8, 4) is 0 Å². The molecule has 3 nitrogen and oxygen atoms in total. The molecule has 0 radical (unpaired) electrons. The fourth-order valence-corrected chi connectivity index (χ4v) is 2.82. The number of anilines is 1. The van der Waals surface area contributed by atoms with Crippen LogP contribution >= 0.6 is 11.6 Å². The van der Waals surface area contributed by atoms with Gasteiger partial charge in [-0.1, -0.05) is 64.5 Å². The zero-order valence-electron chi connectivity index (χ0n) is 12.9. The minimum absolute atomic E-state index is 0.0811. The number of nitrogens with one attached hydrogen (secondary N) is 1. The second-order valence-corrected chi connectivity index (χ2v) is 7.22. The molecule has 1 aliphatic carbocycles. The molecule has 0 atom stereocenters. The molecule has 1 N–H and O–H groups in total. The number of aromatic nitrogens is 2. The van der Waals surface area contributed by atoms with Crippen LogP contribution < -0.4 is 5.32 Å². The Morgan fingerprint density at radius 1 is 1.05 bits per heavy atom. The van der Waals surface area contributed by atoms with E-state index in [1.807, 2.05) is 6.07 Å². The van der Waals surface area contributed by atoms with Crippen molar-refractivity contribution in [3.63, 3.8) is 0 Å². The van der Waals surface area contributed by atoms with E-state index in [9.17, 15) is 0 Å². The van der Waals surface area contributed by atoms with Crippen molar-refractivity contribution >= 4 is 17.4 Å². The largest absolute Gasteiger partial charge is 0.367 e. The molecule has 0 unspecified atom stereocenters. The molecule has 1 aliphatic rings. The number of hydrogen-bond donors (Lipinski definition) is 1. The fourth-order valence-electron chi connectivity index (χ4n) is 2.64.